The van der Waals surface area contributed by atoms with Crippen LogP contribution in [0.25, 0.3) is 0 Å². The number of methoxy groups -OCH3 is 1. The number of rotatable bonds is 5. The molecule has 3 aromatic rings. The first-order chi connectivity index (χ1) is 13.2. The van der Waals surface area contributed by atoms with Crippen molar-refractivity contribution in [3.05, 3.63) is 66.1 Å². The number of carbonyl (C=O) groups excluding carboxylic acids is 1. The minimum Gasteiger partial charge on any atom is -0.487 e. The van der Waals surface area contributed by atoms with Crippen LogP contribution in [0.2, 0.25) is 0 Å². The molecule has 0 unspecified atom stereocenters. The third-order valence-electron chi connectivity index (χ3n) is 4.48. The molecule has 7 heteroatoms. The molecule has 1 aliphatic heterocycles. The molecule has 27 heavy (non-hydrogen) atoms. The second-order valence-electron chi connectivity index (χ2n) is 6.36. The van der Waals surface area contributed by atoms with Crippen molar-refractivity contribution in [2.24, 2.45) is 0 Å². The Morgan fingerprint density at radius 1 is 1.19 bits per heavy atom. The quantitative estimate of drug-likeness (QED) is 0.696. The Balaban J connectivity index is 1.59. The minimum atomic E-state index is -0.126. The maximum atomic E-state index is 13.1. The molecule has 0 saturated carbocycles. The second kappa shape index (κ2) is 7.11. The van der Waals surface area contributed by atoms with Gasteiger partial charge in [0.05, 0.1) is 19.7 Å². The standard InChI is InChI=1S/C20H20N4O3/c1-14-12-23-18(11-15(22-23)13-27-16-7-4-3-5-8-16)20(25)24(14)17-9-6-10-21-19(17)26-2/h3-11,14H,12-13H2,1-2H3/t14-/m1/s1. The van der Waals surface area contributed by atoms with Gasteiger partial charge in [-0.3, -0.25) is 14.4 Å². The van der Waals surface area contributed by atoms with Crippen LogP contribution in [0.1, 0.15) is 23.1 Å². The predicted molar refractivity (Wildman–Crippen MR) is 100 cm³/mol. The van der Waals surface area contributed by atoms with Crippen molar-refractivity contribution in [3.8, 4) is 11.6 Å². The first kappa shape index (κ1) is 17.1. The van der Waals surface area contributed by atoms with Crippen LogP contribution in [0, 0.1) is 0 Å². The molecule has 0 saturated heterocycles. The Bertz CT molecular complexity index is 955. The van der Waals surface area contributed by atoms with Gasteiger partial charge in [0.2, 0.25) is 5.88 Å². The highest BCUT2D eigenvalue weighted by molar-refractivity contribution is 6.06. The number of anilines is 1. The molecule has 138 valence electrons. The SMILES string of the molecule is COc1ncccc1N1C(=O)c2cc(COc3ccccc3)nn2C[C@H]1C. The first-order valence-corrected chi connectivity index (χ1v) is 8.74. The van der Waals surface area contributed by atoms with Crippen molar-refractivity contribution in [3.63, 3.8) is 0 Å². The van der Waals surface area contributed by atoms with E-state index in [9.17, 15) is 4.79 Å². The molecule has 1 amide bonds. The highest BCUT2D eigenvalue weighted by Crippen LogP contribution is 2.31. The van der Waals surface area contributed by atoms with E-state index in [-0.39, 0.29) is 11.9 Å². The maximum Gasteiger partial charge on any atom is 0.277 e. The zero-order valence-electron chi connectivity index (χ0n) is 15.2. The van der Waals surface area contributed by atoms with Crippen molar-refractivity contribution < 1.29 is 14.3 Å². The van der Waals surface area contributed by atoms with E-state index in [1.807, 2.05) is 43.3 Å². The van der Waals surface area contributed by atoms with E-state index in [0.29, 0.717) is 30.4 Å². The molecular formula is C20H20N4O3. The lowest BCUT2D eigenvalue weighted by Crippen LogP contribution is -2.47. The predicted octanol–water partition coefficient (Wildman–Crippen LogP) is 2.91. The van der Waals surface area contributed by atoms with E-state index in [1.165, 1.54) is 0 Å². The van der Waals surface area contributed by atoms with Crippen molar-refractivity contribution >= 4 is 11.6 Å². The lowest BCUT2D eigenvalue weighted by molar-refractivity contribution is 0.0946. The summed E-state index contributed by atoms with van der Waals surface area (Å²) >= 11 is 0. The summed E-state index contributed by atoms with van der Waals surface area (Å²) in [5, 5.41) is 4.53. The molecule has 3 heterocycles. The summed E-state index contributed by atoms with van der Waals surface area (Å²) < 4.78 is 12.8. The molecule has 0 radical (unpaired) electrons. The molecule has 0 spiro atoms. The number of hydrogen-bond acceptors (Lipinski definition) is 5. The fourth-order valence-electron chi connectivity index (χ4n) is 3.25. The third kappa shape index (κ3) is 3.23. The third-order valence-corrected chi connectivity index (χ3v) is 4.48. The molecule has 2 aromatic heterocycles. The number of nitrogens with zero attached hydrogens (tertiary/aromatic N) is 4. The Hall–Kier alpha value is -3.35. The Labute approximate surface area is 157 Å². The van der Waals surface area contributed by atoms with Crippen LogP contribution < -0.4 is 14.4 Å². The molecule has 1 aliphatic rings. The monoisotopic (exact) mass is 364 g/mol. The number of fused-ring (bicyclic) bond motifs is 1. The highest BCUT2D eigenvalue weighted by atomic mass is 16.5. The smallest absolute Gasteiger partial charge is 0.277 e. The number of ether oxygens (including phenoxy) is 2. The molecule has 0 fully saturated rings. The molecule has 1 aromatic carbocycles. The van der Waals surface area contributed by atoms with Crippen LogP contribution in [-0.4, -0.2) is 33.8 Å². The summed E-state index contributed by atoms with van der Waals surface area (Å²) in [6, 6.07) is 14.9. The van der Waals surface area contributed by atoms with Gasteiger partial charge in [0, 0.05) is 6.20 Å². The van der Waals surface area contributed by atoms with Gasteiger partial charge < -0.3 is 9.47 Å². The fraction of sp³-hybridized carbons (Fsp3) is 0.250. The van der Waals surface area contributed by atoms with E-state index in [2.05, 4.69) is 10.1 Å². The molecule has 7 nitrogen and oxygen atoms in total. The van der Waals surface area contributed by atoms with E-state index in [0.717, 1.165) is 11.4 Å². The lowest BCUT2D eigenvalue weighted by Gasteiger charge is -2.33. The van der Waals surface area contributed by atoms with Gasteiger partial charge >= 0.3 is 0 Å². The summed E-state index contributed by atoms with van der Waals surface area (Å²) in [5.74, 6) is 1.07. The van der Waals surface area contributed by atoms with Crippen molar-refractivity contribution in [2.45, 2.75) is 26.1 Å². The van der Waals surface area contributed by atoms with Gasteiger partial charge in [0.1, 0.15) is 29.4 Å². The van der Waals surface area contributed by atoms with Crippen molar-refractivity contribution in [1.29, 1.82) is 0 Å². The zero-order valence-corrected chi connectivity index (χ0v) is 15.2. The summed E-state index contributed by atoms with van der Waals surface area (Å²) in [7, 11) is 1.55. The number of pyridine rings is 1. The van der Waals surface area contributed by atoms with Gasteiger partial charge in [0.25, 0.3) is 5.91 Å². The molecule has 0 aliphatic carbocycles. The van der Waals surface area contributed by atoms with E-state index >= 15 is 0 Å². The largest absolute Gasteiger partial charge is 0.487 e. The summed E-state index contributed by atoms with van der Waals surface area (Å²) in [5.41, 5.74) is 1.91. The Kier molecular flexibility index (Phi) is 4.50. The summed E-state index contributed by atoms with van der Waals surface area (Å²) in [4.78, 5) is 19.0. The van der Waals surface area contributed by atoms with Crippen LogP contribution in [0.15, 0.2) is 54.7 Å². The van der Waals surface area contributed by atoms with Crippen LogP contribution in [0.5, 0.6) is 11.6 Å². The Morgan fingerprint density at radius 2 is 2.00 bits per heavy atom. The van der Waals surface area contributed by atoms with E-state index < -0.39 is 0 Å². The lowest BCUT2D eigenvalue weighted by atomic mass is 10.1. The van der Waals surface area contributed by atoms with Crippen LogP contribution >= 0.6 is 0 Å². The number of hydrogen-bond donors (Lipinski definition) is 0. The number of aromatic nitrogens is 3. The van der Waals surface area contributed by atoms with Gasteiger partial charge in [-0.25, -0.2) is 4.98 Å². The normalized spacial score (nSPS) is 16.1. The maximum absolute atomic E-state index is 13.1. The van der Waals surface area contributed by atoms with Gasteiger partial charge in [-0.15, -0.1) is 0 Å². The van der Waals surface area contributed by atoms with E-state index in [4.69, 9.17) is 9.47 Å². The van der Waals surface area contributed by atoms with Crippen LogP contribution in [0.3, 0.4) is 0 Å². The summed E-state index contributed by atoms with van der Waals surface area (Å²) in [6.45, 7) is 2.88. The minimum absolute atomic E-state index is 0.0779. The van der Waals surface area contributed by atoms with Crippen LogP contribution in [0.4, 0.5) is 5.69 Å². The number of amides is 1. The fourth-order valence-corrected chi connectivity index (χ4v) is 3.25. The van der Waals surface area contributed by atoms with Gasteiger partial charge in [-0.1, -0.05) is 18.2 Å². The summed E-state index contributed by atoms with van der Waals surface area (Å²) in [6.07, 6.45) is 1.64. The molecule has 1 atom stereocenters. The number of para-hydroxylation sites is 1. The number of benzene rings is 1. The van der Waals surface area contributed by atoms with Gasteiger partial charge in [-0.2, -0.15) is 5.10 Å². The van der Waals surface area contributed by atoms with Crippen LogP contribution in [-0.2, 0) is 13.2 Å². The van der Waals surface area contributed by atoms with Crippen molar-refractivity contribution in [2.75, 3.05) is 12.0 Å². The second-order valence-corrected chi connectivity index (χ2v) is 6.36. The molecule has 0 N–H and O–H groups in total. The zero-order chi connectivity index (χ0) is 18.8. The molecule has 0 bridgehead atoms. The average Bonchev–Trinajstić information content (AvgIpc) is 3.11. The first-order valence-electron chi connectivity index (χ1n) is 8.74. The molecular weight excluding hydrogens is 344 g/mol. The van der Waals surface area contributed by atoms with Gasteiger partial charge in [0.15, 0.2) is 0 Å². The van der Waals surface area contributed by atoms with E-state index in [1.54, 1.807) is 35.0 Å². The highest BCUT2D eigenvalue weighted by Gasteiger charge is 2.34. The number of carbonyl (C=O) groups is 1. The van der Waals surface area contributed by atoms with Gasteiger partial charge in [-0.05, 0) is 37.3 Å². The average molecular weight is 364 g/mol. The topological polar surface area (TPSA) is 69.5 Å². The molecule has 4 rings (SSSR count). The Morgan fingerprint density at radius 3 is 2.78 bits per heavy atom. The van der Waals surface area contributed by atoms with Crippen molar-refractivity contribution in [1.82, 2.24) is 14.8 Å².